The van der Waals surface area contributed by atoms with Crippen molar-refractivity contribution in [3.05, 3.63) is 90.0 Å². The third-order valence-electron chi connectivity index (χ3n) is 4.03. The Morgan fingerprint density at radius 3 is 2.63 bits per heavy atom. The number of amides is 1. The summed E-state index contributed by atoms with van der Waals surface area (Å²) in [4.78, 5) is 16.9. The van der Waals surface area contributed by atoms with Gasteiger partial charge in [-0.15, -0.1) is 0 Å². The highest BCUT2D eigenvalue weighted by Gasteiger charge is 2.13. The molecule has 2 heterocycles. The summed E-state index contributed by atoms with van der Waals surface area (Å²) in [6.45, 7) is 0. The second-order valence-corrected chi connectivity index (χ2v) is 6.42. The van der Waals surface area contributed by atoms with Crippen molar-refractivity contribution in [2.75, 3.05) is 5.32 Å². The molecule has 4 rings (SSSR count). The zero-order valence-corrected chi connectivity index (χ0v) is 15.1. The summed E-state index contributed by atoms with van der Waals surface area (Å²) in [6, 6.07) is 18.7. The van der Waals surface area contributed by atoms with Gasteiger partial charge in [0, 0.05) is 23.0 Å². The van der Waals surface area contributed by atoms with Crippen LogP contribution in [0.2, 0.25) is 5.02 Å². The van der Waals surface area contributed by atoms with Gasteiger partial charge in [-0.05, 0) is 42.5 Å². The van der Waals surface area contributed by atoms with E-state index in [0.717, 1.165) is 11.3 Å². The van der Waals surface area contributed by atoms with Gasteiger partial charge in [-0.2, -0.15) is 0 Å². The van der Waals surface area contributed by atoms with E-state index in [1.54, 1.807) is 18.2 Å². The van der Waals surface area contributed by atoms with Crippen LogP contribution in [0.25, 0.3) is 17.1 Å². The normalized spacial score (nSPS) is 10.7. The van der Waals surface area contributed by atoms with Gasteiger partial charge < -0.3 is 14.3 Å². The summed E-state index contributed by atoms with van der Waals surface area (Å²) >= 11 is 6.11. The molecular weight excluding hydrogens is 362 g/mol. The average Bonchev–Trinajstić information content (AvgIpc) is 3.36. The van der Waals surface area contributed by atoms with E-state index in [2.05, 4.69) is 10.3 Å². The molecule has 0 aliphatic heterocycles. The van der Waals surface area contributed by atoms with Crippen LogP contribution >= 0.6 is 11.6 Å². The quantitative estimate of drug-likeness (QED) is 0.534. The molecule has 6 heteroatoms. The van der Waals surface area contributed by atoms with E-state index >= 15 is 0 Å². The van der Waals surface area contributed by atoms with Gasteiger partial charge in [-0.1, -0.05) is 29.8 Å². The van der Waals surface area contributed by atoms with Gasteiger partial charge in [0.05, 0.1) is 23.5 Å². The summed E-state index contributed by atoms with van der Waals surface area (Å²) in [6.07, 6.45) is 5.41. The van der Waals surface area contributed by atoms with Crippen LogP contribution in [-0.4, -0.2) is 15.5 Å². The number of rotatable bonds is 5. The molecule has 4 aromatic rings. The van der Waals surface area contributed by atoms with Crippen LogP contribution in [0, 0.1) is 0 Å². The monoisotopic (exact) mass is 377 g/mol. The maximum Gasteiger partial charge on any atom is 0.230 e. The summed E-state index contributed by atoms with van der Waals surface area (Å²) in [5.74, 6) is 0.316. The minimum absolute atomic E-state index is 0.115. The van der Waals surface area contributed by atoms with Crippen molar-refractivity contribution in [2.45, 2.75) is 6.42 Å². The summed E-state index contributed by atoms with van der Waals surface area (Å²) in [5.41, 5.74) is 2.91. The number of nitrogens with one attached hydrogen (secondary N) is 1. The topological polar surface area (TPSA) is 60.1 Å². The van der Waals surface area contributed by atoms with Crippen molar-refractivity contribution in [1.82, 2.24) is 9.55 Å². The van der Waals surface area contributed by atoms with Gasteiger partial charge in [-0.25, -0.2) is 4.98 Å². The Labute approximate surface area is 161 Å². The lowest BCUT2D eigenvalue weighted by Crippen LogP contribution is -2.16. The fraction of sp³-hybridized carbons (Fsp3) is 0.0476. The number of hydrogen-bond acceptors (Lipinski definition) is 3. The molecule has 0 saturated heterocycles. The Kier molecular flexibility index (Phi) is 4.77. The van der Waals surface area contributed by atoms with Crippen molar-refractivity contribution < 1.29 is 9.21 Å². The van der Waals surface area contributed by atoms with E-state index in [1.807, 2.05) is 59.4 Å². The average molecular weight is 378 g/mol. The van der Waals surface area contributed by atoms with Crippen molar-refractivity contribution in [1.29, 1.82) is 0 Å². The lowest BCUT2D eigenvalue weighted by Gasteiger charge is -2.12. The molecule has 0 saturated carbocycles. The van der Waals surface area contributed by atoms with Crippen LogP contribution in [0.4, 0.5) is 5.69 Å². The Balaban J connectivity index is 1.50. The third-order valence-corrected chi connectivity index (χ3v) is 4.27. The van der Waals surface area contributed by atoms with Crippen LogP contribution in [0.1, 0.15) is 5.69 Å². The first-order valence-corrected chi connectivity index (χ1v) is 8.79. The summed E-state index contributed by atoms with van der Waals surface area (Å²) < 4.78 is 7.38. The second kappa shape index (κ2) is 7.51. The van der Waals surface area contributed by atoms with E-state index in [0.29, 0.717) is 22.3 Å². The standard InChI is InChI=1S/C21H16ClN3O2/c22-16-8-9-18(19(12-16)25-10-4-5-11-25)24-20(26)13-17-14-27-21(23-17)15-6-2-1-3-7-15/h1-12,14H,13H2,(H,24,26). The molecule has 1 amide bonds. The van der Waals surface area contributed by atoms with Crippen LogP contribution in [0.3, 0.4) is 0 Å². The molecule has 2 aromatic carbocycles. The summed E-state index contributed by atoms with van der Waals surface area (Å²) in [5, 5.41) is 3.52. The van der Waals surface area contributed by atoms with Gasteiger partial charge >= 0.3 is 0 Å². The van der Waals surface area contributed by atoms with E-state index in [-0.39, 0.29) is 12.3 Å². The summed E-state index contributed by atoms with van der Waals surface area (Å²) in [7, 11) is 0. The first-order chi connectivity index (χ1) is 13.2. The predicted octanol–water partition coefficient (Wildman–Crippen LogP) is 4.97. The van der Waals surface area contributed by atoms with Gasteiger partial charge in [-0.3, -0.25) is 4.79 Å². The van der Waals surface area contributed by atoms with Gasteiger partial charge in [0.1, 0.15) is 6.26 Å². The second-order valence-electron chi connectivity index (χ2n) is 5.99. The number of carbonyl (C=O) groups is 1. The minimum atomic E-state index is -0.182. The maximum atomic E-state index is 12.5. The van der Waals surface area contributed by atoms with Crippen molar-refractivity contribution in [3.8, 4) is 17.1 Å². The molecule has 0 atom stereocenters. The number of benzene rings is 2. The molecule has 27 heavy (non-hydrogen) atoms. The highest BCUT2D eigenvalue weighted by molar-refractivity contribution is 6.30. The zero-order chi connectivity index (χ0) is 18.6. The molecule has 0 bridgehead atoms. The maximum absolute atomic E-state index is 12.5. The molecule has 134 valence electrons. The first kappa shape index (κ1) is 17.1. The number of aromatic nitrogens is 2. The van der Waals surface area contributed by atoms with Crippen LogP contribution in [-0.2, 0) is 11.2 Å². The molecule has 1 N–H and O–H groups in total. The van der Waals surface area contributed by atoms with Gasteiger partial charge in [0.25, 0.3) is 0 Å². The van der Waals surface area contributed by atoms with Gasteiger partial charge in [0.2, 0.25) is 11.8 Å². The number of carbonyl (C=O) groups excluding carboxylic acids is 1. The number of halogens is 1. The molecule has 0 unspecified atom stereocenters. The van der Waals surface area contributed by atoms with Crippen molar-refractivity contribution in [3.63, 3.8) is 0 Å². The predicted molar refractivity (Wildman–Crippen MR) is 105 cm³/mol. The van der Waals surface area contributed by atoms with E-state index in [4.69, 9.17) is 16.0 Å². The fourth-order valence-electron chi connectivity index (χ4n) is 2.78. The highest BCUT2D eigenvalue weighted by atomic mass is 35.5. The minimum Gasteiger partial charge on any atom is -0.444 e. The first-order valence-electron chi connectivity index (χ1n) is 8.41. The van der Waals surface area contributed by atoms with E-state index in [9.17, 15) is 4.79 Å². The van der Waals surface area contributed by atoms with Crippen LogP contribution < -0.4 is 5.32 Å². The zero-order valence-electron chi connectivity index (χ0n) is 14.3. The molecule has 0 aliphatic rings. The van der Waals surface area contributed by atoms with E-state index < -0.39 is 0 Å². The SMILES string of the molecule is O=C(Cc1coc(-c2ccccc2)n1)Nc1ccc(Cl)cc1-n1cccc1. The van der Waals surface area contributed by atoms with Crippen molar-refractivity contribution in [2.24, 2.45) is 0 Å². The number of anilines is 1. The highest BCUT2D eigenvalue weighted by Crippen LogP contribution is 2.25. The largest absolute Gasteiger partial charge is 0.444 e. The van der Waals surface area contributed by atoms with Crippen molar-refractivity contribution >= 4 is 23.2 Å². The number of oxazole rings is 1. The smallest absolute Gasteiger partial charge is 0.230 e. The lowest BCUT2D eigenvalue weighted by molar-refractivity contribution is -0.115. The molecule has 5 nitrogen and oxygen atoms in total. The van der Waals surface area contributed by atoms with Crippen LogP contribution in [0.15, 0.2) is 83.7 Å². The Hall–Kier alpha value is -3.31. The molecule has 0 aliphatic carbocycles. The van der Waals surface area contributed by atoms with E-state index in [1.165, 1.54) is 6.26 Å². The molecule has 0 spiro atoms. The number of hydrogen-bond donors (Lipinski definition) is 1. The van der Waals surface area contributed by atoms with Gasteiger partial charge in [0.15, 0.2) is 0 Å². The fourth-order valence-corrected chi connectivity index (χ4v) is 2.95. The lowest BCUT2D eigenvalue weighted by atomic mass is 10.2. The molecular formula is C21H16ClN3O2. The molecule has 0 fully saturated rings. The Bertz CT molecular complexity index is 1060. The Morgan fingerprint density at radius 1 is 1.07 bits per heavy atom. The molecule has 0 radical (unpaired) electrons. The third kappa shape index (κ3) is 3.93. The Morgan fingerprint density at radius 2 is 1.85 bits per heavy atom. The number of nitrogens with zero attached hydrogens (tertiary/aromatic N) is 2. The molecule has 2 aromatic heterocycles. The van der Waals surface area contributed by atoms with Crippen LogP contribution in [0.5, 0.6) is 0 Å².